The first kappa shape index (κ1) is 23.9. The largest absolute Gasteiger partial charge is 0.444 e. The van der Waals surface area contributed by atoms with E-state index in [1.807, 2.05) is 43.5 Å². The van der Waals surface area contributed by atoms with Crippen LogP contribution in [0.15, 0.2) is 53.3 Å². The Morgan fingerprint density at radius 1 is 1.09 bits per heavy atom. The lowest BCUT2D eigenvalue weighted by atomic mass is 10.0. The molecule has 2 aromatic carbocycles. The molecule has 4 rings (SSSR count). The molecule has 7 nitrogen and oxygen atoms in total. The molecule has 2 heterocycles. The van der Waals surface area contributed by atoms with Crippen molar-refractivity contribution >= 4 is 22.8 Å². The summed E-state index contributed by atoms with van der Waals surface area (Å²) >= 11 is 0. The number of para-hydroxylation sites is 1. The molecule has 1 N–H and O–H groups in total. The number of amides is 1. The number of imidazole rings is 1. The van der Waals surface area contributed by atoms with Gasteiger partial charge < -0.3 is 19.5 Å². The molecule has 0 radical (unpaired) electrons. The molecule has 1 amide bonds. The molecule has 34 heavy (non-hydrogen) atoms. The Morgan fingerprint density at radius 3 is 2.44 bits per heavy atom. The van der Waals surface area contributed by atoms with Gasteiger partial charge in [-0.3, -0.25) is 4.57 Å². The molecule has 182 valence electrons. The fourth-order valence-electron chi connectivity index (χ4n) is 4.75. The van der Waals surface area contributed by atoms with Crippen LogP contribution in [0.25, 0.3) is 11.0 Å². The number of nitrogens with zero attached hydrogens (tertiary/aromatic N) is 3. The van der Waals surface area contributed by atoms with Crippen molar-refractivity contribution in [3.05, 3.63) is 64.6 Å². The van der Waals surface area contributed by atoms with Gasteiger partial charge in [0, 0.05) is 32.2 Å². The number of likely N-dealkylation sites (tertiary alicyclic amines) is 1. The van der Waals surface area contributed by atoms with Gasteiger partial charge in [0.1, 0.15) is 5.60 Å². The summed E-state index contributed by atoms with van der Waals surface area (Å²) in [5, 5.41) is 0. The highest BCUT2D eigenvalue weighted by Crippen LogP contribution is 2.30. The zero-order valence-corrected chi connectivity index (χ0v) is 20.7. The number of aromatic nitrogens is 2. The Labute approximate surface area is 201 Å². The van der Waals surface area contributed by atoms with Gasteiger partial charge in [-0.2, -0.15) is 0 Å². The van der Waals surface area contributed by atoms with Crippen LogP contribution in [0.5, 0.6) is 0 Å². The number of benzene rings is 2. The van der Waals surface area contributed by atoms with Gasteiger partial charge in [0.25, 0.3) is 0 Å². The molecular formula is C27H36N4O3. The van der Waals surface area contributed by atoms with Crippen molar-refractivity contribution in [2.75, 3.05) is 24.5 Å². The smallest absolute Gasteiger partial charge is 0.410 e. The Kier molecular flexibility index (Phi) is 7.00. The second-order valence-electron chi connectivity index (χ2n) is 10.1. The first-order chi connectivity index (χ1) is 16.3. The number of piperidine rings is 1. The van der Waals surface area contributed by atoms with Gasteiger partial charge in [-0.15, -0.1) is 0 Å². The van der Waals surface area contributed by atoms with Crippen molar-refractivity contribution in [3.8, 4) is 0 Å². The SMILES string of the molecule is CCCN(Cc1ccccc1)c1cccc2c1[nH]c(=O)n2C1CCN(C(=O)OC(C)(C)C)CC1. The number of hydrogen-bond donors (Lipinski definition) is 1. The van der Waals surface area contributed by atoms with E-state index in [1.54, 1.807) is 4.90 Å². The normalized spacial score (nSPS) is 15.0. The minimum absolute atomic E-state index is 0.0453. The van der Waals surface area contributed by atoms with Crippen LogP contribution in [0, 0.1) is 0 Å². The van der Waals surface area contributed by atoms with Gasteiger partial charge in [-0.25, -0.2) is 9.59 Å². The first-order valence-corrected chi connectivity index (χ1v) is 12.3. The highest BCUT2D eigenvalue weighted by molar-refractivity contribution is 5.89. The van der Waals surface area contributed by atoms with Crippen molar-refractivity contribution in [2.45, 2.75) is 65.1 Å². The summed E-state index contributed by atoms with van der Waals surface area (Å²) in [5.74, 6) is 0. The summed E-state index contributed by atoms with van der Waals surface area (Å²) in [6, 6.07) is 16.6. The molecule has 0 atom stereocenters. The Balaban J connectivity index is 1.58. The number of rotatable bonds is 6. The average molecular weight is 465 g/mol. The highest BCUT2D eigenvalue weighted by atomic mass is 16.6. The molecule has 0 aliphatic carbocycles. The number of H-pyrrole nitrogens is 1. The Morgan fingerprint density at radius 2 is 1.79 bits per heavy atom. The maximum Gasteiger partial charge on any atom is 0.410 e. The van der Waals surface area contributed by atoms with Crippen molar-refractivity contribution in [2.24, 2.45) is 0 Å². The van der Waals surface area contributed by atoms with E-state index < -0.39 is 5.60 Å². The van der Waals surface area contributed by atoms with E-state index in [1.165, 1.54) is 5.56 Å². The van der Waals surface area contributed by atoms with Crippen LogP contribution in [0.4, 0.5) is 10.5 Å². The second kappa shape index (κ2) is 9.95. The fourth-order valence-corrected chi connectivity index (χ4v) is 4.75. The number of nitrogens with one attached hydrogen (secondary N) is 1. The van der Waals surface area contributed by atoms with Crippen LogP contribution in [0.2, 0.25) is 0 Å². The zero-order valence-electron chi connectivity index (χ0n) is 20.7. The quantitative estimate of drug-likeness (QED) is 0.536. The number of fused-ring (bicyclic) bond motifs is 1. The van der Waals surface area contributed by atoms with Crippen LogP contribution in [0.3, 0.4) is 0 Å². The summed E-state index contributed by atoms with van der Waals surface area (Å²) < 4.78 is 7.40. The molecule has 0 spiro atoms. The number of anilines is 1. The highest BCUT2D eigenvalue weighted by Gasteiger charge is 2.29. The van der Waals surface area contributed by atoms with Crippen molar-refractivity contribution in [1.82, 2.24) is 14.5 Å². The summed E-state index contributed by atoms with van der Waals surface area (Å²) in [6.07, 6.45) is 2.17. The summed E-state index contributed by atoms with van der Waals surface area (Å²) in [4.78, 5) is 32.8. The third kappa shape index (κ3) is 5.29. The summed E-state index contributed by atoms with van der Waals surface area (Å²) in [7, 11) is 0. The zero-order chi connectivity index (χ0) is 24.3. The average Bonchev–Trinajstić information content (AvgIpc) is 3.14. The van der Waals surface area contributed by atoms with Crippen LogP contribution in [0.1, 0.15) is 58.6 Å². The molecule has 1 fully saturated rings. The lowest BCUT2D eigenvalue weighted by Gasteiger charge is -2.33. The van der Waals surface area contributed by atoms with Crippen LogP contribution in [-0.2, 0) is 11.3 Å². The third-order valence-corrected chi connectivity index (χ3v) is 6.26. The molecule has 0 bridgehead atoms. The number of aromatic amines is 1. The molecular weight excluding hydrogens is 428 g/mol. The van der Waals surface area contributed by atoms with Crippen LogP contribution in [-0.4, -0.2) is 45.8 Å². The topological polar surface area (TPSA) is 70.6 Å². The monoisotopic (exact) mass is 464 g/mol. The summed E-state index contributed by atoms with van der Waals surface area (Å²) in [5.41, 5.74) is 3.49. The molecule has 1 saturated heterocycles. The van der Waals surface area contributed by atoms with Gasteiger partial charge in [-0.1, -0.05) is 43.3 Å². The third-order valence-electron chi connectivity index (χ3n) is 6.26. The van der Waals surface area contributed by atoms with Crippen LogP contribution < -0.4 is 10.6 Å². The van der Waals surface area contributed by atoms with Gasteiger partial charge in [0.15, 0.2) is 0 Å². The molecule has 3 aromatic rings. The minimum atomic E-state index is -0.512. The van der Waals surface area contributed by atoms with Crippen molar-refractivity contribution in [1.29, 1.82) is 0 Å². The standard InChI is InChI=1S/C27H36N4O3/c1-5-16-30(19-20-10-7-6-8-11-20)22-12-9-13-23-24(22)28-25(32)31(23)21-14-17-29(18-15-21)26(33)34-27(2,3)4/h6-13,21H,5,14-19H2,1-4H3,(H,28,32). The predicted octanol–water partition coefficient (Wildman–Crippen LogP) is 5.32. The van der Waals surface area contributed by atoms with Crippen molar-refractivity contribution in [3.63, 3.8) is 0 Å². The number of hydrogen-bond acceptors (Lipinski definition) is 4. The maximum absolute atomic E-state index is 13.1. The van der Waals surface area contributed by atoms with Crippen LogP contribution >= 0.6 is 0 Å². The lowest BCUT2D eigenvalue weighted by molar-refractivity contribution is 0.0189. The molecule has 1 aliphatic heterocycles. The van der Waals surface area contributed by atoms with Gasteiger partial charge >= 0.3 is 11.8 Å². The van der Waals surface area contributed by atoms with E-state index in [-0.39, 0.29) is 17.8 Å². The lowest BCUT2D eigenvalue weighted by Crippen LogP contribution is -2.43. The molecule has 0 saturated carbocycles. The van der Waals surface area contributed by atoms with Gasteiger partial charge in [0.2, 0.25) is 0 Å². The van der Waals surface area contributed by atoms with E-state index in [2.05, 4.69) is 47.1 Å². The Hall–Kier alpha value is -3.22. The Bertz CT molecular complexity index is 1170. The molecule has 7 heteroatoms. The fraction of sp³-hybridized carbons (Fsp3) is 0.481. The first-order valence-electron chi connectivity index (χ1n) is 12.3. The number of carbonyl (C=O) groups is 1. The molecule has 1 aromatic heterocycles. The second-order valence-corrected chi connectivity index (χ2v) is 10.1. The van der Waals surface area contributed by atoms with Gasteiger partial charge in [-0.05, 0) is 57.7 Å². The molecule has 0 unspecified atom stereocenters. The van der Waals surface area contributed by atoms with Crippen molar-refractivity contribution < 1.29 is 9.53 Å². The molecule has 1 aliphatic rings. The van der Waals surface area contributed by atoms with E-state index in [4.69, 9.17) is 4.74 Å². The van der Waals surface area contributed by atoms with E-state index in [9.17, 15) is 9.59 Å². The predicted molar refractivity (Wildman–Crippen MR) is 136 cm³/mol. The van der Waals surface area contributed by atoms with E-state index in [0.717, 1.165) is 49.1 Å². The van der Waals surface area contributed by atoms with Gasteiger partial charge in [0.05, 0.1) is 16.7 Å². The number of ether oxygens (including phenoxy) is 1. The minimum Gasteiger partial charge on any atom is -0.444 e. The summed E-state index contributed by atoms with van der Waals surface area (Å²) in [6.45, 7) is 10.6. The van der Waals surface area contributed by atoms with E-state index in [0.29, 0.717) is 13.1 Å². The number of carbonyl (C=O) groups excluding carboxylic acids is 1. The maximum atomic E-state index is 13.1. The van der Waals surface area contributed by atoms with E-state index >= 15 is 0 Å².